The van der Waals surface area contributed by atoms with E-state index in [0.29, 0.717) is 18.9 Å². The number of nitriles is 1. The highest BCUT2D eigenvalue weighted by Gasteiger charge is 2.20. The molecule has 0 fully saturated rings. The summed E-state index contributed by atoms with van der Waals surface area (Å²) in [5, 5.41) is 9.34. The fourth-order valence-corrected chi connectivity index (χ4v) is 2.44. The molecule has 0 aliphatic heterocycles. The van der Waals surface area contributed by atoms with Crippen LogP contribution in [0.15, 0.2) is 39.9 Å². The quantitative estimate of drug-likeness (QED) is 0.843. The van der Waals surface area contributed by atoms with Gasteiger partial charge >= 0.3 is 5.69 Å². The molecule has 0 N–H and O–H groups in total. The third kappa shape index (κ3) is 2.66. The predicted octanol–water partition coefficient (Wildman–Crippen LogP) is 0.982. The second kappa shape index (κ2) is 6.31. The zero-order valence-electron chi connectivity index (χ0n) is 12.9. The van der Waals surface area contributed by atoms with Gasteiger partial charge in [0.15, 0.2) is 5.56 Å². The fraction of sp³-hybridized carbons (Fsp3) is 0.312. The van der Waals surface area contributed by atoms with E-state index in [1.54, 1.807) is 7.05 Å². The first-order chi connectivity index (χ1) is 10.5. The topological polar surface area (TPSA) is 71.0 Å². The lowest BCUT2D eigenvalue weighted by atomic mass is 10.2. The van der Waals surface area contributed by atoms with Crippen LogP contribution in [0.4, 0.5) is 5.82 Å². The molecule has 2 rings (SSSR count). The molecular weight excluding hydrogens is 280 g/mol. The Morgan fingerprint density at radius 3 is 2.32 bits per heavy atom. The van der Waals surface area contributed by atoms with Gasteiger partial charge < -0.3 is 4.90 Å². The maximum Gasteiger partial charge on any atom is 0.332 e. The van der Waals surface area contributed by atoms with E-state index in [1.807, 2.05) is 48.2 Å². The summed E-state index contributed by atoms with van der Waals surface area (Å²) >= 11 is 0. The van der Waals surface area contributed by atoms with Crippen LogP contribution >= 0.6 is 0 Å². The Kier molecular flexibility index (Phi) is 4.47. The van der Waals surface area contributed by atoms with Gasteiger partial charge in [-0.25, -0.2) is 4.79 Å². The van der Waals surface area contributed by atoms with Crippen LogP contribution in [0.2, 0.25) is 0 Å². The maximum atomic E-state index is 12.2. The largest absolute Gasteiger partial charge is 0.353 e. The number of aromatic nitrogens is 2. The average Bonchev–Trinajstić information content (AvgIpc) is 2.55. The van der Waals surface area contributed by atoms with Crippen LogP contribution in [0, 0.1) is 11.3 Å². The molecule has 114 valence electrons. The summed E-state index contributed by atoms with van der Waals surface area (Å²) in [7, 11) is 2.95. The molecule has 0 saturated carbocycles. The Morgan fingerprint density at radius 1 is 1.14 bits per heavy atom. The molecule has 6 nitrogen and oxygen atoms in total. The molecule has 1 aromatic carbocycles. The first-order valence-corrected chi connectivity index (χ1v) is 7.00. The molecule has 0 amide bonds. The van der Waals surface area contributed by atoms with Gasteiger partial charge in [-0.1, -0.05) is 30.3 Å². The van der Waals surface area contributed by atoms with Gasteiger partial charge in [0.1, 0.15) is 11.9 Å². The van der Waals surface area contributed by atoms with Crippen molar-refractivity contribution in [2.75, 3.05) is 11.4 Å². The summed E-state index contributed by atoms with van der Waals surface area (Å²) in [5.74, 6) is 0.363. The minimum atomic E-state index is -0.563. The van der Waals surface area contributed by atoms with Gasteiger partial charge in [-0.05, 0) is 12.5 Å². The van der Waals surface area contributed by atoms with Crippen LogP contribution < -0.4 is 16.1 Å². The highest BCUT2D eigenvalue weighted by Crippen LogP contribution is 2.17. The molecule has 1 aromatic heterocycles. The number of anilines is 1. The van der Waals surface area contributed by atoms with E-state index in [9.17, 15) is 14.9 Å². The Labute approximate surface area is 128 Å². The summed E-state index contributed by atoms with van der Waals surface area (Å²) in [4.78, 5) is 26.2. The van der Waals surface area contributed by atoms with E-state index in [1.165, 1.54) is 11.6 Å². The zero-order valence-corrected chi connectivity index (χ0v) is 12.9. The number of hydrogen-bond acceptors (Lipinski definition) is 4. The molecular formula is C16H18N4O2. The van der Waals surface area contributed by atoms with Crippen LogP contribution in [-0.2, 0) is 20.6 Å². The lowest BCUT2D eigenvalue weighted by Gasteiger charge is -2.26. The van der Waals surface area contributed by atoms with Gasteiger partial charge in [0.2, 0.25) is 0 Å². The van der Waals surface area contributed by atoms with E-state index in [-0.39, 0.29) is 5.56 Å². The van der Waals surface area contributed by atoms with Crippen LogP contribution in [0.5, 0.6) is 0 Å². The van der Waals surface area contributed by atoms with Gasteiger partial charge in [0.25, 0.3) is 5.56 Å². The van der Waals surface area contributed by atoms with Crippen molar-refractivity contribution in [2.24, 2.45) is 14.1 Å². The molecule has 22 heavy (non-hydrogen) atoms. The standard InChI is InChI=1S/C16H18N4O2/c1-4-20(11-12-8-6-5-7-9-12)14-13(10-17)15(21)19(3)16(22)18(14)2/h5-9H,4,11H2,1-3H3. The van der Waals surface area contributed by atoms with Crippen molar-refractivity contribution in [1.29, 1.82) is 5.26 Å². The van der Waals surface area contributed by atoms with E-state index >= 15 is 0 Å². The summed E-state index contributed by atoms with van der Waals surface area (Å²) in [6.45, 7) is 3.02. The number of nitrogens with zero attached hydrogens (tertiary/aromatic N) is 4. The highest BCUT2D eigenvalue weighted by atomic mass is 16.2. The lowest BCUT2D eigenvalue weighted by Crippen LogP contribution is -2.42. The van der Waals surface area contributed by atoms with Crippen molar-refractivity contribution in [3.8, 4) is 6.07 Å². The number of rotatable bonds is 4. The van der Waals surface area contributed by atoms with Crippen molar-refractivity contribution in [2.45, 2.75) is 13.5 Å². The molecule has 0 aliphatic carbocycles. The Morgan fingerprint density at radius 2 is 1.77 bits per heavy atom. The van der Waals surface area contributed by atoms with E-state index in [0.717, 1.165) is 10.1 Å². The molecule has 0 unspecified atom stereocenters. The zero-order chi connectivity index (χ0) is 16.3. The Hall–Kier alpha value is -2.81. The average molecular weight is 298 g/mol. The molecule has 0 aliphatic rings. The van der Waals surface area contributed by atoms with Gasteiger partial charge in [-0.15, -0.1) is 0 Å². The van der Waals surface area contributed by atoms with E-state index < -0.39 is 11.2 Å². The van der Waals surface area contributed by atoms with Gasteiger partial charge in [0.05, 0.1) is 0 Å². The molecule has 0 saturated heterocycles. The Balaban J connectivity index is 2.62. The first kappa shape index (κ1) is 15.6. The maximum absolute atomic E-state index is 12.2. The SMILES string of the molecule is CCN(Cc1ccccc1)c1c(C#N)c(=O)n(C)c(=O)n1C. The van der Waals surface area contributed by atoms with Crippen LogP contribution in [0.3, 0.4) is 0 Å². The minimum absolute atomic E-state index is 0.0117. The molecule has 1 heterocycles. The smallest absolute Gasteiger partial charge is 0.332 e. The molecule has 6 heteroatoms. The summed E-state index contributed by atoms with van der Waals surface area (Å²) < 4.78 is 2.31. The Bertz CT molecular complexity index is 828. The van der Waals surface area contributed by atoms with Crippen molar-refractivity contribution >= 4 is 5.82 Å². The highest BCUT2D eigenvalue weighted by molar-refractivity contribution is 5.53. The molecule has 0 spiro atoms. The fourth-order valence-electron chi connectivity index (χ4n) is 2.44. The third-order valence-corrected chi connectivity index (χ3v) is 3.64. The monoisotopic (exact) mass is 298 g/mol. The van der Waals surface area contributed by atoms with Crippen molar-refractivity contribution in [3.63, 3.8) is 0 Å². The third-order valence-electron chi connectivity index (χ3n) is 3.64. The summed E-state index contributed by atoms with van der Waals surface area (Å²) in [6.07, 6.45) is 0. The van der Waals surface area contributed by atoms with E-state index in [2.05, 4.69) is 0 Å². The minimum Gasteiger partial charge on any atom is -0.353 e. The van der Waals surface area contributed by atoms with Crippen molar-refractivity contribution in [3.05, 3.63) is 62.3 Å². The second-order valence-corrected chi connectivity index (χ2v) is 5.02. The van der Waals surface area contributed by atoms with Gasteiger partial charge in [0, 0.05) is 27.2 Å². The normalized spacial score (nSPS) is 10.3. The summed E-state index contributed by atoms with van der Waals surface area (Å²) in [6, 6.07) is 11.7. The van der Waals surface area contributed by atoms with Crippen molar-refractivity contribution in [1.82, 2.24) is 9.13 Å². The van der Waals surface area contributed by atoms with Crippen LogP contribution in [0.25, 0.3) is 0 Å². The first-order valence-electron chi connectivity index (χ1n) is 7.00. The molecule has 0 atom stereocenters. The lowest BCUT2D eigenvalue weighted by molar-refractivity contribution is 0.656. The van der Waals surface area contributed by atoms with Crippen LogP contribution in [0.1, 0.15) is 18.1 Å². The van der Waals surface area contributed by atoms with Crippen molar-refractivity contribution < 1.29 is 0 Å². The molecule has 2 aromatic rings. The summed E-state index contributed by atoms with van der Waals surface area (Å²) in [5.41, 5.74) is 0.0290. The van der Waals surface area contributed by atoms with Gasteiger partial charge in [-0.2, -0.15) is 5.26 Å². The van der Waals surface area contributed by atoms with Crippen LogP contribution in [-0.4, -0.2) is 15.7 Å². The number of hydrogen-bond donors (Lipinski definition) is 0. The predicted molar refractivity (Wildman–Crippen MR) is 84.8 cm³/mol. The second-order valence-electron chi connectivity index (χ2n) is 5.02. The molecule has 0 radical (unpaired) electrons. The number of benzene rings is 1. The van der Waals surface area contributed by atoms with E-state index in [4.69, 9.17) is 0 Å². The van der Waals surface area contributed by atoms with Gasteiger partial charge in [-0.3, -0.25) is 13.9 Å². The molecule has 0 bridgehead atoms.